The van der Waals surface area contributed by atoms with Gasteiger partial charge < -0.3 is 15.0 Å². The van der Waals surface area contributed by atoms with Crippen LogP contribution in [0.4, 0.5) is 0 Å². The van der Waals surface area contributed by atoms with Crippen LogP contribution >= 0.6 is 0 Å². The summed E-state index contributed by atoms with van der Waals surface area (Å²) in [7, 11) is 1.56. The van der Waals surface area contributed by atoms with Gasteiger partial charge in [-0.15, -0.1) is 0 Å². The number of rotatable bonds is 4. The van der Waals surface area contributed by atoms with Crippen molar-refractivity contribution in [3.05, 3.63) is 33.7 Å². The molecule has 2 N–H and O–H groups in total. The molecule has 1 heterocycles. The van der Waals surface area contributed by atoms with Gasteiger partial charge in [-0.25, -0.2) is 0 Å². The predicted molar refractivity (Wildman–Crippen MR) is 60.6 cm³/mol. The highest BCUT2D eigenvalue weighted by atomic mass is 16.5. The van der Waals surface area contributed by atoms with Gasteiger partial charge in [0.2, 0.25) is 0 Å². The molecule has 88 valence electrons. The number of aryl methyl sites for hydroxylation is 1. The van der Waals surface area contributed by atoms with Gasteiger partial charge in [-0.3, -0.25) is 9.59 Å². The van der Waals surface area contributed by atoms with Gasteiger partial charge >= 0.3 is 0 Å². The van der Waals surface area contributed by atoms with E-state index in [2.05, 4.69) is 10.3 Å². The number of carbonyl (C=O) groups excluding carboxylic acids is 1. The van der Waals surface area contributed by atoms with Crippen molar-refractivity contribution in [2.45, 2.75) is 19.9 Å². The highest BCUT2D eigenvalue weighted by molar-refractivity contribution is 5.93. The van der Waals surface area contributed by atoms with Gasteiger partial charge in [-0.05, 0) is 26.0 Å². The van der Waals surface area contributed by atoms with E-state index in [1.807, 2.05) is 6.92 Å². The number of H-pyrrole nitrogens is 1. The molecule has 0 aromatic carbocycles. The first-order valence-electron chi connectivity index (χ1n) is 5.04. The maximum absolute atomic E-state index is 11.7. The predicted octanol–water partition coefficient (Wildman–Crippen LogP) is 0.448. The molecule has 0 radical (unpaired) electrons. The van der Waals surface area contributed by atoms with Gasteiger partial charge in [0.15, 0.2) is 0 Å². The van der Waals surface area contributed by atoms with Crippen molar-refractivity contribution in [2.24, 2.45) is 0 Å². The Morgan fingerprint density at radius 3 is 2.81 bits per heavy atom. The smallest absolute Gasteiger partial charge is 0.260 e. The summed E-state index contributed by atoms with van der Waals surface area (Å²) >= 11 is 0. The van der Waals surface area contributed by atoms with Gasteiger partial charge in [0, 0.05) is 18.8 Å². The molecule has 0 spiro atoms. The third kappa shape index (κ3) is 3.20. The van der Waals surface area contributed by atoms with Gasteiger partial charge in [0.25, 0.3) is 11.5 Å². The van der Waals surface area contributed by atoms with Crippen LogP contribution in [0.2, 0.25) is 0 Å². The molecule has 16 heavy (non-hydrogen) atoms. The first-order valence-corrected chi connectivity index (χ1v) is 5.04. The van der Waals surface area contributed by atoms with E-state index in [9.17, 15) is 9.59 Å². The van der Waals surface area contributed by atoms with Crippen LogP contribution in [0.15, 0.2) is 16.9 Å². The van der Waals surface area contributed by atoms with Crippen LogP contribution in [0.25, 0.3) is 0 Å². The Morgan fingerprint density at radius 1 is 1.56 bits per heavy atom. The molecule has 0 aliphatic rings. The molecule has 0 saturated carbocycles. The fraction of sp³-hybridized carbons (Fsp3) is 0.455. The minimum absolute atomic E-state index is 0.119. The van der Waals surface area contributed by atoms with Crippen LogP contribution in [0.5, 0.6) is 0 Å². The lowest BCUT2D eigenvalue weighted by atomic mass is 10.2. The molecule has 5 heteroatoms. The van der Waals surface area contributed by atoms with E-state index in [1.165, 1.54) is 6.07 Å². The fourth-order valence-corrected chi connectivity index (χ4v) is 1.34. The molecule has 0 aliphatic heterocycles. The lowest BCUT2D eigenvalue weighted by molar-refractivity contribution is 0.0904. The Balaban J connectivity index is 2.77. The summed E-state index contributed by atoms with van der Waals surface area (Å²) in [5.74, 6) is -0.384. The first kappa shape index (κ1) is 12.4. The zero-order valence-electron chi connectivity index (χ0n) is 9.66. The molecular formula is C11H16N2O3. The molecule has 0 aliphatic carbocycles. The number of carbonyl (C=O) groups is 1. The average molecular weight is 224 g/mol. The zero-order valence-corrected chi connectivity index (χ0v) is 9.66. The Labute approximate surface area is 93.8 Å². The van der Waals surface area contributed by atoms with E-state index >= 15 is 0 Å². The van der Waals surface area contributed by atoms with Gasteiger partial charge in [0.1, 0.15) is 5.56 Å². The van der Waals surface area contributed by atoms with Crippen LogP contribution in [0.3, 0.4) is 0 Å². The number of pyridine rings is 1. The summed E-state index contributed by atoms with van der Waals surface area (Å²) in [6.07, 6.45) is 0. The summed E-state index contributed by atoms with van der Waals surface area (Å²) in [6, 6.07) is 3.08. The molecule has 0 fully saturated rings. The van der Waals surface area contributed by atoms with E-state index < -0.39 is 0 Å². The van der Waals surface area contributed by atoms with Crippen molar-refractivity contribution in [3.8, 4) is 0 Å². The van der Waals surface area contributed by atoms with E-state index in [1.54, 1.807) is 20.1 Å². The highest BCUT2D eigenvalue weighted by Crippen LogP contribution is 1.94. The molecule has 1 amide bonds. The topological polar surface area (TPSA) is 71.2 Å². The SMILES string of the molecule is COC[C@@H](C)NC(=O)c1ccc(C)[nH]c1=O. The van der Waals surface area contributed by atoms with Crippen molar-refractivity contribution in [1.29, 1.82) is 0 Å². The number of nitrogens with one attached hydrogen (secondary N) is 2. The number of aromatic nitrogens is 1. The second-order valence-electron chi connectivity index (χ2n) is 3.71. The first-order chi connectivity index (χ1) is 7.54. The molecule has 0 saturated heterocycles. The van der Waals surface area contributed by atoms with Crippen molar-refractivity contribution in [3.63, 3.8) is 0 Å². The van der Waals surface area contributed by atoms with Crippen LogP contribution in [0.1, 0.15) is 23.0 Å². The minimum Gasteiger partial charge on any atom is -0.383 e. The normalized spacial score (nSPS) is 12.2. The molecule has 1 rings (SSSR count). The van der Waals surface area contributed by atoms with Crippen LogP contribution in [-0.2, 0) is 4.74 Å². The Morgan fingerprint density at radius 2 is 2.25 bits per heavy atom. The number of amides is 1. The number of aromatic amines is 1. The summed E-state index contributed by atoms with van der Waals surface area (Å²) in [5, 5.41) is 2.67. The van der Waals surface area contributed by atoms with Crippen molar-refractivity contribution in [2.75, 3.05) is 13.7 Å². The second kappa shape index (κ2) is 5.46. The zero-order chi connectivity index (χ0) is 12.1. The van der Waals surface area contributed by atoms with Crippen molar-refractivity contribution >= 4 is 5.91 Å². The maximum Gasteiger partial charge on any atom is 0.260 e. The van der Waals surface area contributed by atoms with Gasteiger partial charge in [-0.1, -0.05) is 0 Å². The third-order valence-corrected chi connectivity index (χ3v) is 2.09. The van der Waals surface area contributed by atoms with Gasteiger partial charge in [0.05, 0.1) is 6.61 Å². The molecular weight excluding hydrogens is 208 g/mol. The maximum atomic E-state index is 11.7. The number of hydrogen-bond acceptors (Lipinski definition) is 3. The number of hydrogen-bond donors (Lipinski definition) is 2. The molecule has 0 unspecified atom stereocenters. The van der Waals surface area contributed by atoms with Crippen LogP contribution in [0, 0.1) is 6.92 Å². The van der Waals surface area contributed by atoms with E-state index in [0.717, 1.165) is 5.69 Å². The standard InChI is InChI=1S/C11H16N2O3/c1-7-4-5-9(10(14)12-7)11(15)13-8(2)6-16-3/h4-5,8H,6H2,1-3H3,(H,12,14)(H,13,15)/t8-/m1/s1. The highest BCUT2D eigenvalue weighted by Gasteiger charge is 2.12. The summed E-state index contributed by atoms with van der Waals surface area (Å²) in [6.45, 7) is 3.98. The Hall–Kier alpha value is -1.62. The summed E-state index contributed by atoms with van der Waals surface area (Å²) in [4.78, 5) is 25.7. The van der Waals surface area contributed by atoms with Crippen molar-refractivity contribution < 1.29 is 9.53 Å². The summed E-state index contributed by atoms with van der Waals surface area (Å²) < 4.78 is 4.89. The number of methoxy groups -OCH3 is 1. The molecule has 5 nitrogen and oxygen atoms in total. The van der Waals surface area contributed by atoms with Gasteiger partial charge in [-0.2, -0.15) is 0 Å². The van der Waals surface area contributed by atoms with Crippen LogP contribution in [-0.4, -0.2) is 30.6 Å². The molecule has 1 atom stereocenters. The fourth-order valence-electron chi connectivity index (χ4n) is 1.34. The number of ether oxygens (including phenoxy) is 1. The van der Waals surface area contributed by atoms with Crippen LogP contribution < -0.4 is 10.9 Å². The minimum atomic E-state index is -0.384. The lowest BCUT2D eigenvalue weighted by Gasteiger charge is -2.12. The second-order valence-corrected chi connectivity index (χ2v) is 3.71. The molecule has 1 aromatic heterocycles. The Bertz CT molecular complexity index is 425. The third-order valence-electron chi connectivity index (χ3n) is 2.09. The molecule has 0 bridgehead atoms. The Kier molecular flexibility index (Phi) is 4.25. The largest absolute Gasteiger partial charge is 0.383 e. The van der Waals surface area contributed by atoms with E-state index in [4.69, 9.17) is 4.74 Å². The van der Waals surface area contributed by atoms with Crippen molar-refractivity contribution in [1.82, 2.24) is 10.3 Å². The monoisotopic (exact) mass is 224 g/mol. The van der Waals surface area contributed by atoms with E-state index in [-0.39, 0.29) is 23.1 Å². The quantitative estimate of drug-likeness (QED) is 0.780. The average Bonchev–Trinajstić information content (AvgIpc) is 2.17. The lowest BCUT2D eigenvalue weighted by Crippen LogP contribution is -2.38. The van der Waals surface area contributed by atoms with E-state index in [0.29, 0.717) is 6.61 Å². The summed E-state index contributed by atoms with van der Waals surface area (Å²) in [5.41, 5.74) is 0.474. The molecule has 1 aromatic rings.